The third kappa shape index (κ3) is 2.94. The molecular weight excluding hydrogens is 304 g/mol. The van der Waals surface area contributed by atoms with Crippen molar-refractivity contribution in [3.05, 3.63) is 22.2 Å². The minimum atomic E-state index is -0.928. The Labute approximate surface area is 112 Å². The molecule has 2 rings (SSSR count). The van der Waals surface area contributed by atoms with E-state index in [9.17, 15) is 9.90 Å². The highest BCUT2D eigenvalue weighted by molar-refractivity contribution is 9.10. The van der Waals surface area contributed by atoms with Crippen molar-refractivity contribution in [2.45, 2.75) is 18.9 Å². The van der Waals surface area contributed by atoms with Crippen LogP contribution in [0.1, 0.15) is 24.5 Å². The van der Waals surface area contributed by atoms with Gasteiger partial charge in [-0.25, -0.2) is 0 Å². The third-order valence-corrected chi connectivity index (χ3v) is 3.34. The van der Waals surface area contributed by atoms with Crippen LogP contribution in [0.2, 0.25) is 0 Å². The number of benzene rings is 1. The number of aliphatic carboxylic acids is 1. The smallest absolute Gasteiger partial charge is 0.303 e. The monoisotopic (exact) mass is 316 g/mol. The molecule has 1 atom stereocenters. The molecule has 0 bridgehead atoms. The molecule has 0 aromatic heterocycles. The Balaban J connectivity index is 2.19. The average Bonchev–Trinajstić information content (AvgIpc) is 2.35. The van der Waals surface area contributed by atoms with E-state index in [1.165, 1.54) is 0 Å². The number of carboxylic acids is 1. The number of aliphatic hydroxyl groups is 1. The lowest BCUT2D eigenvalue weighted by Gasteiger charge is -2.21. The second-order valence-corrected chi connectivity index (χ2v) is 4.82. The number of halogens is 1. The van der Waals surface area contributed by atoms with Crippen molar-refractivity contribution in [3.63, 3.8) is 0 Å². The van der Waals surface area contributed by atoms with E-state index in [-0.39, 0.29) is 12.8 Å². The van der Waals surface area contributed by atoms with E-state index in [1.807, 2.05) is 0 Å². The molecule has 2 N–H and O–H groups in total. The summed E-state index contributed by atoms with van der Waals surface area (Å²) in [6, 6.07) is 3.42. The van der Waals surface area contributed by atoms with Crippen LogP contribution in [-0.4, -0.2) is 29.4 Å². The first-order valence-electron chi connectivity index (χ1n) is 5.57. The van der Waals surface area contributed by atoms with Crippen molar-refractivity contribution in [1.29, 1.82) is 0 Å². The summed E-state index contributed by atoms with van der Waals surface area (Å²) in [4.78, 5) is 10.5. The predicted octanol–water partition coefficient (Wildman–Crippen LogP) is 2.12. The number of hydrogen-bond donors (Lipinski definition) is 2. The van der Waals surface area contributed by atoms with Crippen LogP contribution in [0, 0.1) is 0 Å². The maximum atomic E-state index is 10.5. The van der Waals surface area contributed by atoms with Crippen molar-refractivity contribution in [1.82, 2.24) is 0 Å². The molecule has 0 amide bonds. The highest BCUT2D eigenvalue weighted by Gasteiger charge is 2.19. The van der Waals surface area contributed by atoms with E-state index < -0.39 is 12.1 Å². The second kappa shape index (κ2) is 5.58. The van der Waals surface area contributed by atoms with Gasteiger partial charge < -0.3 is 19.7 Å². The van der Waals surface area contributed by atoms with Gasteiger partial charge in [-0.3, -0.25) is 4.79 Å². The number of fused-ring (bicyclic) bond motifs is 1. The molecule has 18 heavy (non-hydrogen) atoms. The Bertz CT molecular complexity index is 460. The Morgan fingerprint density at radius 3 is 2.56 bits per heavy atom. The van der Waals surface area contributed by atoms with Gasteiger partial charge in [-0.05, 0) is 24.1 Å². The van der Waals surface area contributed by atoms with Crippen LogP contribution in [-0.2, 0) is 4.79 Å². The third-order valence-electron chi connectivity index (χ3n) is 2.65. The molecule has 0 saturated heterocycles. The molecule has 0 fully saturated rings. The van der Waals surface area contributed by atoms with Crippen molar-refractivity contribution in [3.8, 4) is 11.5 Å². The van der Waals surface area contributed by atoms with Crippen LogP contribution in [0.3, 0.4) is 0 Å². The van der Waals surface area contributed by atoms with E-state index in [2.05, 4.69) is 15.9 Å². The largest absolute Gasteiger partial charge is 0.486 e. The first-order valence-corrected chi connectivity index (χ1v) is 6.36. The van der Waals surface area contributed by atoms with Crippen LogP contribution in [0.25, 0.3) is 0 Å². The molecule has 0 spiro atoms. The molecule has 0 radical (unpaired) electrons. The molecule has 5 nitrogen and oxygen atoms in total. The Kier molecular flexibility index (Phi) is 4.08. The second-order valence-electron chi connectivity index (χ2n) is 3.97. The zero-order chi connectivity index (χ0) is 13.1. The molecule has 98 valence electrons. The van der Waals surface area contributed by atoms with Crippen LogP contribution in [0.4, 0.5) is 0 Å². The van der Waals surface area contributed by atoms with Crippen molar-refractivity contribution >= 4 is 21.9 Å². The average molecular weight is 317 g/mol. The molecule has 1 heterocycles. The maximum Gasteiger partial charge on any atom is 0.303 e. The summed E-state index contributed by atoms with van der Waals surface area (Å²) in [6.07, 6.45) is -0.762. The Morgan fingerprint density at radius 2 is 1.94 bits per heavy atom. The van der Waals surface area contributed by atoms with Crippen LogP contribution in [0.5, 0.6) is 11.5 Å². The normalized spacial score (nSPS) is 15.2. The summed E-state index contributed by atoms with van der Waals surface area (Å²) < 4.78 is 11.5. The van der Waals surface area contributed by atoms with Gasteiger partial charge in [0.25, 0.3) is 0 Å². The van der Waals surface area contributed by atoms with E-state index >= 15 is 0 Å². The minimum absolute atomic E-state index is 0.0813. The molecule has 0 unspecified atom stereocenters. The van der Waals surface area contributed by atoms with Crippen LogP contribution >= 0.6 is 15.9 Å². The van der Waals surface area contributed by atoms with Crippen molar-refractivity contribution in [2.75, 3.05) is 13.2 Å². The highest BCUT2D eigenvalue weighted by atomic mass is 79.9. The Hall–Kier alpha value is -1.27. The van der Waals surface area contributed by atoms with Gasteiger partial charge in [0.05, 0.1) is 6.10 Å². The van der Waals surface area contributed by atoms with Gasteiger partial charge in [0, 0.05) is 10.9 Å². The molecule has 6 heteroatoms. The van der Waals surface area contributed by atoms with Crippen LogP contribution in [0.15, 0.2) is 16.6 Å². The summed E-state index contributed by atoms with van der Waals surface area (Å²) >= 11 is 3.34. The first kappa shape index (κ1) is 13.2. The predicted molar refractivity (Wildman–Crippen MR) is 67.0 cm³/mol. The molecule has 0 aliphatic carbocycles. The number of hydrogen-bond acceptors (Lipinski definition) is 4. The van der Waals surface area contributed by atoms with E-state index in [1.54, 1.807) is 12.1 Å². The number of carboxylic acid groups (broad SMARTS) is 1. The van der Waals surface area contributed by atoms with Gasteiger partial charge in [-0.1, -0.05) is 15.9 Å². The summed E-state index contributed by atoms with van der Waals surface area (Å²) in [6.45, 7) is 0.972. The zero-order valence-electron chi connectivity index (χ0n) is 9.56. The van der Waals surface area contributed by atoms with Gasteiger partial charge in [-0.2, -0.15) is 0 Å². The van der Waals surface area contributed by atoms with Gasteiger partial charge >= 0.3 is 5.97 Å². The quantitative estimate of drug-likeness (QED) is 0.889. The topological polar surface area (TPSA) is 76.0 Å². The minimum Gasteiger partial charge on any atom is -0.486 e. The van der Waals surface area contributed by atoms with Crippen molar-refractivity contribution < 1.29 is 24.5 Å². The lowest BCUT2D eigenvalue weighted by atomic mass is 10.0. The summed E-state index contributed by atoms with van der Waals surface area (Å²) in [5.74, 6) is 0.277. The lowest BCUT2D eigenvalue weighted by Crippen LogP contribution is -2.16. The lowest BCUT2D eigenvalue weighted by molar-refractivity contribution is -0.137. The number of aliphatic hydroxyl groups excluding tert-OH is 1. The van der Waals surface area contributed by atoms with Crippen LogP contribution < -0.4 is 9.47 Å². The molecular formula is C12H13BrO5. The highest BCUT2D eigenvalue weighted by Crippen LogP contribution is 2.38. The fourth-order valence-corrected chi connectivity index (χ4v) is 2.34. The van der Waals surface area contributed by atoms with E-state index in [0.717, 1.165) is 0 Å². The summed E-state index contributed by atoms with van der Waals surface area (Å²) in [5.41, 5.74) is 0.612. The standard InChI is InChI=1S/C12H13BrO5/c13-8-6-11-10(17-3-4-18-11)5-7(8)9(14)1-2-12(15)16/h5-6,9,14H,1-4H2,(H,15,16)/t9-/m1/s1. The molecule has 1 aromatic carbocycles. The first-order chi connectivity index (χ1) is 8.58. The number of rotatable bonds is 4. The fourth-order valence-electron chi connectivity index (χ4n) is 1.75. The molecule has 1 aliphatic heterocycles. The van der Waals surface area contributed by atoms with E-state index in [0.29, 0.717) is 34.7 Å². The molecule has 1 aromatic rings. The SMILES string of the molecule is O=C(O)CC[C@@H](O)c1cc2c(cc1Br)OCCO2. The summed E-state index contributed by atoms with van der Waals surface area (Å²) in [7, 11) is 0. The van der Waals surface area contributed by atoms with Crippen molar-refractivity contribution in [2.24, 2.45) is 0 Å². The number of carbonyl (C=O) groups is 1. The van der Waals surface area contributed by atoms with E-state index in [4.69, 9.17) is 14.6 Å². The molecule has 0 saturated carbocycles. The van der Waals surface area contributed by atoms with Gasteiger partial charge in [0.2, 0.25) is 0 Å². The van der Waals surface area contributed by atoms with Gasteiger partial charge in [-0.15, -0.1) is 0 Å². The molecule has 1 aliphatic rings. The van der Waals surface area contributed by atoms with Gasteiger partial charge in [0.1, 0.15) is 13.2 Å². The van der Waals surface area contributed by atoms with Gasteiger partial charge in [0.15, 0.2) is 11.5 Å². The fraction of sp³-hybridized carbons (Fsp3) is 0.417. The zero-order valence-corrected chi connectivity index (χ0v) is 11.1. The number of ether oxygens (including phenoxy) is 2. The Morgan fingerprint density at radius 1 is 1.33 bits per heavy atom. The summed E-state index contributed by atoms with van der Waals surface area (Å²) in [5, 5.41) is 18.6. The maximum absolute atomic E-state index is 10.5.